The van der Waals surface area contributed by atoms with Crippen molar-refractivity contribution in [3.8, 4) is 11.8 Å². The lowest BCUT2D eigenvalue weighted by Gasteiger charge is -2.06. The molecule has 1 heteroatoms. The van der Waals surface area contributed by atoms with Crippen molar-refractivity contribution in [2.75, 3.05) is 5.32 Å². The summed E-state index contributed by atoms with van der Waals surface area (Å²) in [7, 11) is 0. The highest BCUT2D eigenvalue weighted by Gasteiger charge is 1.94. The molecule has 0 amide bonds. The molecule has 0 aliphatic carbocycles. The van der Waals surface area contributed by atoms with E-state index in [4.69, 9.17) is 0 Å². The van der Waals surface area contributed by atoms with Crippen molar-refractivity contribution < 1.29 is 0 Å². The molecule has 1 nitrogen and oxygen atoms in total. The first-order valence-electron chi connectivity index (χ1n) is 5.89. The molecule has 2 aromatic carbocycles. The largest absolute Gasteiger partial charge is 0.381 e. The van der Waals surface area contributed by atoms with Crippen LogP contribution >= 0.6 is 0 Å². The summed E-state index contributed by atoms with van der Waals surface area (Å²) in [6.45, 7) is 4.40. The van der Waals surface area contributed by atoms with Crippen LogP contribution in [0.3, 0.4) is 0 Å². The van der Waals surface area contributed by atoms with E-state index in [0.29, 0.717) is 0 Å². The van der Waals surface area contributed by atoms with Crippen molar-refractivity contribution in [3.05, 3.63) is 78.4 Å². The molecule has 0 aliphatic rings. The van der Waals surface area contributed by atoms with E-state index >= 15 is 0 Å². The molecular formula is C17H15N. The second-order valence-electron chi connectivity index (χ2n) is 3.89. The number of hydrogen-bond acceptors (Lipinski definition) is 1. The van der Waals surface area contributed by atoms with Crippen molar-refractivity contribution in [3.63, 3.8) is 0 Å². The summed E-state index contributed by atoms with van der Waals surface area (Å²) in [5, 5.41) is 3.38. The van der Waals surface area contributed by atoms with Crippen LogP contribution in [-0.2, 0) is 6.54 Å². The van der Waals surface area contributed by atoms with Gasteiger partial charge in [0.15, 0.2) is 0 Å². The number of hydrogen-bond donors (Lipinski definition) is 1. The van der Waals surface area contributed by atoms with Gasteiger partial charge in [-0.15, -0.1) is 0 Å². The second-order valence-corrected chi connectivity index (χ2v) is 3.89. The van der Waals surface area contributed by atoms with Crippen LogP contribution in [0.2, 0.25) is 0 Å². The standard InChI is InChI=1S/C17H15N/c1-2-3-8-15-11-7-12-17(13-15)18-14-16-9-5-4-6-10-16/h2,4-7,9-13,18H,1,14H2. The molecule has 0 unspecified atom stereocenters. The minimum absolute atomic E-state index is 0.819. The van der Waals surface area contributed by atoms with E-state index in [1.54, 1.807) is 6.08 Å². The normalized spacial score (nSPS) is 9.11. The van der Waals surface area contributed by atoms with Gasteiger partial charge in [-0.1, -0.05) is 54.8 Å². The van der Waals surface area contributed by atoms with Gasteiger partial charge in [0, 0.05) is 17.8 Å². The predicted octanol–water partition coefficient (Wildman–Crippen LogP) is 3.84. The van der Waals surface area contributed by atoms with E-state index < -0.39 is 0 Å². The van der Waals surface area contributed by atoms with Crippen LogP contribution in [0.5, 0.6) is 0 Å². The number of nitrogens with one attached hydrogen (secondary N) is 1. The highest BCUT2D eigenvalue weighted by atomic mass is 14.9. The van der Waals surface area contributed by atoms with E-state index in [1.165, 1.54) is 5.56 Å². The minimum Gasteiger partial charge on any atom is -0.381 e. The summed E-state index contributed by atoms with van der Waals surface area (Å²) >= 11 is 0. The molecule has 0 aromatic heterocycles. The fourth-order valence-electron chi connectivity index (χ4n) is 1.64. The second kappa shape index (κ2) is 6.32. The first-order chi connectivity index (χ1) is 8.88. The van der Waals surface area contributed by atoms with Gasteiger partial charge in [0.05, 0.1) is 0 Å². The minimum atomic E-state index is 0.819. The molecule has 0 saturated carbocycles. The molecule has 0 bridgehead atoms. The monoisotopic (exact) mass is 233 g/mol. The molecule has 1 N–H and O–H groups in total. The van der Waals surface area contributed by atoms with Gasteiger partial charge >= 0.3 is 0 Å². The van der Waals surface area contributed by atoms with Gasteiger partial charge in [-0.05, 0) is 29.8 Å². The molecule has 88 valence electrons. The Kier molecular flexibility index (Phi) is 4.22. The first kappa shape index (κ1) is 12.0. The maximum absolute atomic E-state index is 3.58. The molecule has 18 heavy (non-hydrogen) atoms. The van der Waals surface area contributed by atoms with Crippen LogP contribution in [0.25, 0.3) is 0 Å². The van der Waals surface area contributed by atoms with E-state index in [-0.39, 0.29) is 0 Å². The van der Waals surface area contributed by atoms with E-state index in [0.717, 1.165) is 17.8 Å². The highest BCUT2D eigenvalue weighted by Crippen LogP contribution is 2.11. The zero-order valence-corrected chi connectivity index (χ0v) is 10.2. The van der Waals surface area contributed by atoms with Crippen molar-refractivity contribution in [2.45, 2.75) is 6.54 Å². The number of benzene rings is 2. The predicted molar refractivity (Wildman–Crippen MR) is 77.3 cm³/mol. The summed E-state index contributed by atoms with van der Waals surface area (Å²) in [6.07, 6.45) is 1.60. The Morgan fingerprint density at radius 1 is 1.06 bits per heavy atom. The maximum Gasteiger partial charge on any atom is 0.0400 e. The van der Waals surface area contributed by atoms with Gasteiger partial charge < -0.3 is 5.32 Å². The molecule has 0 saturated heterocycles. The van der Waals surface area contributed by atoms with Crippen molar-refractivity contribution in [2.24, 2.45) is 0 Å². The molecule has 0 fully saturated rings. The molecular weight excluding hydrogens is 218 g/mol. The average molecular weight is 233 g/mol. The van der Waals surface area contributed by atoms with E-state index in [2.05, 4.69) is 35.9 Å². The van der Waals surface area contributed by atoms with Crippen LogP contribution in [-0.4, -0.2) is 0 Å². The molecule has 2 aromatic rings. The van der Waals surface area contributed by atoms with Crippen molar-refractivity contribution in [1.29, 1.82) is 0 Å². The van der Waals surface area contributed by atoms with Crippen LogP contribution in [0.4, 0.5) is 5.69 Å². The Balaban J connectivity index is 2.03. The number of rotatable bonds is 3. The van der Waals surface area contributed by atoms with Crippen molar-refractivity contribution in [1.82, 2.24) is 0 Å². The molecule has 0 atom stereocenters. The Labute approximate surface area is 108 Å². The molecule has 0 heterocycles. The van der Waals surface area contributed by atoms with Gasteiger partial charge in [-0.25, -0.2) is 0 Å². The maximum atomic E-state index is 3.58. The number of anilines is 1. The summed E-state index contributed by atoms with van der Waals surface area (Å²) in [5.41, 5.74) is 3.34. The fourth-order valence-corrected chi connectivity index (χ4v) is 1.64. The lowest BCUT2D eigenvalue weighted by Crippen LogP contribution is -1.98. The zero-order chi connectivity index (χ0) is 12.6. The molecule has 0 aliphatic heterocycles. The van der Waals surface area contributed by atoms with Crippen LogP contribution < -0.4 is 5.32 Å². The van der Waals surface area contributed by atoms with Crippen molar-refractivity contribution >= 4 is 5.69 Å². The summed E-state index contributed by atoms with van der Waals surface area (Å²) < 4.78 is 0. The lowest BCUT2D eigenvalue weighted by atomic mass is 10.2. The first-order valence-corrected chi connectivity index (χ1v) is 5.89. The molecule has 0 radical (unpaired) electrons. The molecule has 0 spiro atoms. The number of allylic oxidation sites excluding steroid dienone is 1. The van der Waals surface area contributed by atoms with Gasteiger partial charge in [0.1, 0.15) is 0 Å². The third-order valence-electron chi connectivity index (χ3n) is 2.52. The Bertz CT molecular complexity index is 573. The smallest absolute Gasteiger partial charge is 0.0400 e. The Morgan fingerprint density at radius 3 is 2.67 bits per heavy atom. The Hall–Kier alpha value is -2.46. The topological polar surface area (TPSA) is 12.0 Å². The zero-order valence-electron chi connectivity index (χ0n) is 10.2. The van der Waals surface area contributed by atoms with Gasteiger partial charge in [-0.2, -0.15) is 0 Å². The van der Waals surface area contributed by atoms with Gasteiger partial charge in [0.2, 0.25) is 0 Å². The van der Waals surface area contributed by atoms with E-state index in [1.807, 2.05) is 42.5 Å². The summed E-state index contributed by atoms with van der Waals surface area (Å²) in [4.78, 5) is 0. The molecule has 2 rings (SSSR count). The summed E-state index contributed by atoms with van der Waals surface area (Å²) in [5.74, 6) is 5.88. The third kappa shape index (κ3) is 3.54. The SMILES string of the molecule is C=CC#Cc1cccc(NCc2ccccc2)c1. The summed E-state index contributed by atoms with van der Waals surface area (Å²) in [6, 6.07) is 18.4. The highest BCUT2D eigenvalue weighted by molar-refractivity contribution is 5.51. The average Bonchev–Trinajstić information content (AvgIpc) is 2.44. The van der Waals surface area contributed by atoms with Crippen LogP contribution in [0.15, 0.2) is 67.3 Å². The van der Waals surface area contributed by atoms with Crippen LogP contribution in [0.1, 0.15) is 11.1 Å². The fraction of sp³-hybridized carbons (Fsp3) is 0.0588. The lowest BCUT2D eigenvalue weighted by molar-refractivity contribution is 1.15. The van der Waals surface area contributed by atoms with Crippen LogP contribution in [0, 0.1) is 11.8 Å². The van der Waals surface area contributed by atoms with Gasteiger partial charge in [0.25, 0.3) is 0 Å². The van der Waals surface area contributed by atoms with Gasteiger partial charge in [-0.3, -0.25) is 0 Å². The quantitative estimate of drug-likeness (QED) is 0.794. The third-order valence-corrected chi connectivity index (χ3v) is 2.52. The Morgan fingerprint density at radius 2 is 1.89 bits per heavy atom. The van der Waals surface area contributed by atoms with E-state index in [9.17, 15) is 0 Å².